The molecule has 1 aromatic carbocycles. The lowest BCUT2D eigenvalue weighted by molar-refractivity contribution is -0.363. The third-order valence-electron chi connectivity index (χ3n) is 5.61. The second-order valence-corrected chi connectivity index (χ2v) is 7.38. The van der Waals surface area contributed by atoms with Crippen LogP contribution in [-0.2, 0) is 0 Å². The first kappa shape index (κ1) is 18.5. The molecular formula is C21H23BF2N2O2. The summed E-state index contributed by atoms with van der Waals surface area (Å²) in [5.41, 5.74) is 5.07. The summed E-state index contributed by atoms with van der Waals surface area (Å²) in [4.78, 5) is 0. The quantitative estimate of drug-likeness (QED) is 0.726. The van der Waals surface area contributed by atoms with Gasteiger partial charge < -0.3 is 27.1 Å². The van der Waals surface area contributed by atoms with Crippen LogP contribution in [-0.4, -0.2) is 35.9 Å². The van der Waals surface area contributed by atoms with Crippen molar-refractivity contribution in [2.75, 3.05) is 14.2 Å². The first-order valence-corrected chi connectivity index (χ1v) is 9.22. The summed E-state index contributed by atoms with van der Waals surface area (Å²) in [6, 6.07) is 7.29. The van der Waals surface area contributed by atoms with Gasteiger partial charge in [0, 0.05) is 24.3 Å². The number of allylic oxidation sites excluding steroid dienone is 2. The van der Waals surface area contributed by atoms with E-state index in [4.69, 9.17) is 9.47 Å². The third-order valence-corrected chi connectivity index (χ3v) is 5.61. The molecule has 0 radical (unpaired) electrons. The Morgan fingerprint density at radius 2 is 1.61 bits per heavy atom. The van der Waals surface area contributed by atoms with Crippen LogP contribution in [0.2, 0.25) is 0 Å². The molecule has 0 amide bonds. The maximum atomic E-state index is 15.7. The maximum absolute atomic E-state index is 15.7. The van der Waals surface area contributed by atoms with Crippen LogP contribution in [0.5, 0.6) is 11.5 Å². The van der Waals surface area contributed by atoms with Crippen molar-refractivity contribution < 1.29 is 22.6 Å². The third kappa shape index (κ3) is 2.25. The van der Waals surface area contributed by atoms with Gasteiger partial charge in [0.2, 0.25) is 0 Å². The van der Waals surface area contributed by atoms with E-state index in [0.29, 0.717) is 45.4 Å². The van der Waals surface area contributed by atoms with Crippen LogP contribution in [0.15, 0.2) is 41.6 Å². The highest BCUT2D eigenvalue weighted by Gasteiger charge is 2.55. The van der Waals surface area contributed by atoms with E-state index in [0.717, 1.165) is 11.1 Å². The number of fused-ring (bicyclic) bond motifs is 2. The van der Waals surface area contributed by atoms with Crippen LogP contribution >= 0.6 is 0 Å². The zero-order chi connectivity index (χ0) is 20.4. The monoisotopic (exact) mass is 384 g/mol. The Morgan fingerprint density at radius 3 is 2.18 bits per heavy atom. The highest BCUT2D eigenvalue weighted by molar-refractivity contribution is 6.58. The van der Waals surface area contributed by atoms with E-state index >= 15 is 8.63 Å². The summed E-state index contributed by atoms with van der Waals surface area (Å²) in [7, 11) is 3.16. The SMILES string of the molecule is COc1cccc(OC)c1C1=C2C(C)=CC(C)=[N+]2[B-](F)(F)n2c(C)cc(C)c21. The number of ether oxygens (including phenoxy) is 2. The van der Waals surface area contributed by atoms with Gasteiger partial charge in [-0.05, 0) is 50.2 Å². The van der Waals surface area contributed by atoms with Crippen LogP contribution < -0.4 is 9.47 Å². The molecule has 0 saturated carbocycles. The van der Waals surface area contributed by atoms with E-state index in [1.54, 1.807) is 28.1 Å². The molecule has 4 nitrogen and oxygen atoms in total. The van der Waals surface area contributed by atoms with Gasteiger partial charge in [0.05, 0.1) is 25.4 Å². The standard InChI is InChI=1S/C21H23BF2N2O2/c1-12-10-14(3)25-20(12)19(18-16(27-5)8-7-9-17(18)28-6)21-13(2)11-15(4)26(21)22(25,23)24/h7-11H,1-6H3. The van der Waals surface area contributed by atoms with Gasteiger partial charge in [-0.25, -0.2) is 0 Å². The number of nitrogens with zero attached hydrogens (tertiary/aromatic N) is 2. The zero-order valence-corrected chi connectivity index (χ0v) is 16.9. The Bertz CT molecular complexity index is 1090. The van der Waals surface area contributed by atoms with Crippen molar-refractivity contribution in [3.05, 3.63) is 64.1 Å². The van der Waals surface area contributed by atoms with Crippen LogP contribution in [0.3, 0.4) is 0 Å². The van der Waals surface area contributed by atoms with Crippen molar-refractivity contribution in [1.82, 2.24) is 4.48 Å². The summed E-state index contributed by atoms with van der Waals surface area (Å²) >= 11 is 0. The van der Waals surface area contributed by atoms with Gasteiger partial charge in [0.15, 0.2) is 5.70 Å². The van der Waals surface area contributed by atoms with E-state index in [9.17, 15) is 0 Å². The Kier molecular flexibility index (Phi) is 4.03. The van der Waals surface area contributed by atoms with Gasteiger partial charge in [-0.3, -0.25) is 0 Å². The van der Waals surface area contributed by atoms with Gasteiger partial charge in [0.25, 0.3) is 0 Å². The number of aromatic nitrogens is 1. The van der Waals surface area contributed by atoms with Gasteiger partial charge in [-0.2, -0.15) is 0 Å². The molecule has 0 fully saturated rings. The van der Waals surface area contributed by atoms with Crippen LogP contribution in [0.4, 0.5) is 8.63 Å². The molecule has 28 heavy (non-hydrogen) atoms. The van der Waals surface area contributed by atoms with E-state index in [1.165, 1.54) is 8.96 Å². The fourth-order valence-corrected chi connectivity index (χ4v) is 4.63. The lowest BCUT2D eigenvalue weighted by Gasteiger charge is -2.34. The summed E-state index contributed by atoms with van der Waals surface area (Å²) in [5.74, 6) is 1.17. The van der Waals surface area contributed by atoms with E-state index in [-0.39, 0.29) is 0 Å². The van der Waals surface area contributed by atoms with Crippen molar-refractivity contribution in [3.8, 4) is 11.5 Å². The largest absolute Gasteiger partial charge is 0.737 e. The predicted molar refractivity (Wildman–Crippen MR) is 108 cm³/mol. The van der Waals surface area contributed by atoms with Gasteiger partial charge >= 0.3 is 6.97 Å². The highest BCUT2D eigenvalue weighted by Crippen LogP contribution is 2.48. The number of hydrogen-bond acceptors (Lipinski definition) is 2. The number of aryl methyl sites for hydroxylation is 2. The molecule has 0 saturated heterocycles. The Morgan fingerprint density at radius 1 is 1.00 bits per heavy atom. The Balaban J connectivity index is 2.23. The minimum absolute atomic E-state index is 0.513. The second-order valence-electron chi connectivity index (χ2n) is 7.38. The first-order valence-electron chi connectivity index (χ1n) is 9.22. The number of benzene rings is 1. The highest BCUT2D eigenvalue weighted by atomic mass is 19.2. The topological polar surface area (TPSA) is 26.4 Å². The van der Waals surface area contributed by atoms with Crippen molar-refractivity contribution in [2.45, 2.75) is 27.7 Å². The minimum Gasteiger partial charge on any atom is -0.496 e. The van der Waals surface area contributed by atoms with Crippen LogP contribution in [0, 0.1) is 13.8 Å². The van der Waals surface area contributed by atoms with E-state index < -0.39 is 6.97 Å². The smallest absolute Gasteiger partial charge is 0.496 e. The number of methoxy groups -OCH3 is 2. The molecule has 0 aliphatic carbocycles. The lowest BCUT2D eigenvalue weighted by Crippen LogP contribution is -2.51. The molecule has 1 aromatic heterocycles. The fraction of sp³-hybridized carbons (Fsp3) is 0.286. The van der Waals surface area contributed by atoms with Crippen molar-refractivity contribution in [3.63, 3.8) is 0 Å². The predicted octanol–water partition coefficient (Wildman–Crippen LogP) is 4.55. The Labute approximate surface area is 163 Å². The zero-order valence-electron chi connectivity index (χ0n) is 16.9. The van der Waals surface area contributed by atoms with Crippen molar-refractivity contribution in [2.24, 2.45) is 0 Å². The molecule has 146 valence electrons. The van der Waals surface area contributed by atoms with Crippen LogP contribution in [0.1, 0.15) is 36.4 Å². The molecule has 2 aromatic rings. The number of halogens is 2. The molecular weight excluding hydrogens is 361 g/mol. The van der Waals surface area contributed by atoms with Gasteiger partial charge in [-0.1, -0.05) is 6.07 Å². The van der Waals surface area contributed by atoms with Gasteiger partial charge in [-0.15, -0.1) is 0 Å². The molecule has 0 N–H and O–H groups in total. The Hall–Kier alpha value is -2.83. The second kappa shape index (κ2) is 6.09. The summed E-state index contributed by atoms with van der Waals surface area (Å²) < 4.78 is 45.0. The number of hydrogen-bond donors (Lipinski definition) is 0. The van der Waals surface area contributed by atoms with E-state index in [1.807, 2.05) is 44.2 Å². The minimum atomic E-state index is -4.00. The van der Waals surface area contributed by atoms with Crippen molar-refractivity contribution in [1.29, 1.82) is 0 Å². The average molecular weight is 384 g/mol. The van der Waals surface area contributed by atoms with E-state index in [2.05, 4.69) is 0 Å². The summed E-state index contributed by atoms with van der Waals surface area (Å²) in [5, 5.41) is 0. The summed E-state index contributed by atoms with van der Waals surface area (Å²) in [6.07, 6.45) is 1.81. The first-order chi connectivity index (χ1) is 13.2. The fourth-order valence-electron chi connectivity index (χ4n) is 4.63. The molecule has 0 unspecified atom stereocenters. The summed E-state index contributed by atoms with van der Waals surface area (Å²) in [6.45, 7) is 3.18. The van der Waals surface area contributed by atoms with Crippen molar-refractivity contribution >= 4 is 18.3 Å². The average Bonchev–Trinajstić information content (AvgIpc) is 3.11. The molecule has 0 atom stereocenters. The molecule has 2 aliphatic heterocycles. The molecule has 2 aliphatic rings. The molecule has 0 spiro atoms. The van der Waals surface area contributed by atoms with Gasteiger partial charge in [0.1, 0.15) is 17.2 Å². The molecule has 0 bridgehead atoms. The lowest BCUT2D eigenvalue weighted by atomic mass is 9.83. The molecule has 4 rings (SSSR count). The number of rotatable bonds is 3. The normalized spacial score (nSPS) is 17.5. The van der Waals surface area contributed by atoms with Crippen LogP contribution in [0.25, 0.3) is 5.57 Å². The molecule has 3 heterocycles. The maximum Gasteiger partial charge on any atom is 0.737 e. The molecule has 7 heteroatoms.